The zero-order valence-electron chi connectivity index (χ0n) is 12.2. The molecule has 0 unspecified atom stereocenters. The summed E-state index contributed by atoms with van der Waals surface area (Å²) in [5.41, 5.74) is 2.57. The van der Waals surface area contributed by atoms with Crippen LogP contribution in [0.25, 0.3) is 22.4 Å². The van der Waals surface area contributed by atoms with E-state index < -0.39 is 0 Å². The quantitative estimate of drug-likeness (QED) is 0.544. The van der Waals surface area contributed by atoms with Gasteiger partial charge in [0.2, 0.25) is 0 Å². The second-order valence-electron chi connectivity index (χ2n) is 4.27. The summed E-state index contributed by atoms with van der Waals surface area (Å²) >= 11 is 9.68. The summed E-state index contributed by atoms with van der Waals surface area (Å²) in [6.07, 6.45) is 0. The molecule has 0 amide bonds. The van der Waals surface area contributed by atoms with Crippen LogP contribution in [0.15, 0.2) is 27.2 Å². The molecule has 0 atom stereocenters. The van der Waals surface area contributed by atoms with Crippen molar-refractivity contribution in [3.8, 4) is 11.5 Å². The zero-order valence-corrected chi connectivity index (χ0v) is 14.6. The van der Waals surface area contributed by atoms with E-state index in [1.54, 1.807) is 6.92 Å². The van der Waals surface area contributed by atoms with Crippen LogP contribution < -0.4 is 0 Å². The van der Waals surface area contributed by atoms with Gasteiger partial charge in [-0.2, -0.15) is 4.98 Å². The van der Waals surface area contributed by atoms with Crippen LogP contribution in [0, 0.1) is 13.8 Å². The first kappa shape index (κ1) is 15.9. The molecule has 3 aromatic rings. The minimum atomic E-state index is 0.363. The van der Waals surface area contributed by atoms with Gasteiger partial charge in [-0.3, -0.25) is 0 Å². The average molecular weight is 369 g/mol. The van der Waals surface area contributed by atoms with Gasteiger partial charge in [0.05, 0.1) is 11.1 Å². The molecule has 4 nitrogen and oxygen atoms in total. The van der Waals surface area contributed by atoms with Gasteiger partial charge in [0.25, 0.3) is 5.89 Å². The minimum absolute atomic E-state index is 0.363. The fourth-order valence-corrected chi connectivity index (χ4v) is 2.76. The lowest BCUT2D eigenvalue weighted by molar-refractivity contribution is 0.425. The second-order valence-corrected chi connectivity index (χ2v) is 5.54. The van der Waals surface area contributed by atoms with Crippen molar-refractivity contribution in [1.82, 2.24) is 15.1 Å². The molecule has 0 fully saturated rings. The van der Waals surface area contributed by atoms with Crippen LogP contribution in [0.1, 0.15) is 25.2 Å². The Morgan fingerprint density at radius 3 is 2.43 bits per heavy atom. The third-order valence-electron chi connectivity index (χ3n) is 2.78. The molecular formula is C15H15BrClN3O. The maximum Gasteiger partial charge on any atom is 0.261 e. The van der Waals surface area contributed by atoms with Crippen LogP contribution in [0.2, 0.25) is 5.15 Å². The lowest BCUT2D eigenvalue weighted by atomic mass is 10.1. The summed E-state index contributed by atoms with van der Waals surface area (Å²) in [4.78, 5) is 8.60. The Morgan fingerprint density at radius 1 is 1.10 bits per heavy atom. The van der Waals surface area contributed by atoms with Crippen molar-refractivity contribution in [2.75, 3.05) is 0 Å². The number of rotatable bonds is 1. The molecule has 2 aromatic heterocycles. The molecule has 0 radical (unpaired) electrons. The topological polar surface area (TPSA) is 51.8 Å². The summed E-state index contributed by atoms with van der Waals surface area (Å²) < 4.78 is 6.14. The Kier molecular flexibility index (Phi) is 4.96. The molecule has 0 aliphatic heterocycles. The standard InChI is InChI=1S/C13H9BrClN3O.C2H6/c1-6-3-9(14)4-8-5-10(12(15)17-11(6)8)13-16-7(2)18-19-13;1-2/h3-5H,1-2H3;1-2H3. The molecular weight excluding hydrogens is 354 g/mol. The van der Waals surface area contributed by atoms with E-state index in [9.17, 15) is 0 Å². The number of pyridine rings is 1. The van der Waals surface area contributed by atoms with Crippen molar-refractivity contribution in [2.24, 2.45) is 0 Å². The molecule has 0 bridgehead atoms. The number of aryl methyl sites for hydroxylation is 2. The smallest absolute Gasteiger partial charge is 0.261 e. The highest BCUT2D eigenvalue weighted by Gasteiger charge is 2.14. The fourth-order valence-electron chi connectivity index (χ4n) is 1.95. The number of hydrogen-bond donors (Lipinski definition) is 0. The van der Waals surface area contributed by atoms with Crippen LogP contribution in [0.4, 0.5) is 0 Å². The van der Waals surface area contributed by atoms with Gasteiger partial charge < -0.3 is 4.52 Å². The van der Waals surface area contributed by atoms with Gasteiger partial charge in [-0.25, -0.2) is 4.98 Å². The van der Waals surface area contributed by atoms with E-state index in [0.29, 0.717) is 22.4 Å². The summed E-state index contributed by atoms with van der Waals surface area (Å²) in [6, 6.07) is 5.90. The summed E-state index contributed by atoms with van der Waals surface area (Å²) in [5, 5.41) is 5.10. The first-order chi connectivity index (χ1) is 10.0. The highest BCUT2D eigenvalue weighted by molar-refractivity contribution is 9.10. The second kappa shape index (κ2) is 6.54. The highest BCUT2D eigenvalue weighted by atomic mass is 79.9. The Balaban J connectivity index is 0.000000774. The molecule has 110 valence electrons. The Hall–Kier alpha value is -1.46. The van der Waals surface area contributed by atoms with Gasteiger partial charge in [-0.1, -0.05) is 46.5 Å². The van der Waals surface area contributed by atoms with Crippen LogP contribution in [0.5, 0.6) is 0 Å². The summed E-state index contributed by atoms with van der Waals surface area (Å²) in [7, 11) is 0. The molecule has 2 heterocycles. The number of fused-ring (bicyclic) bond motifs is 1. The van der Waals surface area contributed by atoms with Crippen molar-refractivity contribution in [3.63, 3.8) is 0 Å². The van der Waals surface area contributed by atoms with Crippen molar-refractivity contribution in [3.05, 3.63) is 39.2 Å². The molecule has 1 aromatic carbocycles. The monoisotopic (exact) mass is 367 g/mol. The van der Waals surface area contributed by atoms with Gasteiger partial charge in [0.15, 0.2) is 5.82 Å². The maximum absolute atomic E-state index is 6.21. The number of halogens is 2. The number of benzene rings is 1. The van der Waals surface area contributed by atoms with E-state index in [1.807, 2.05) is 39.0 Å². The van der Waals surface area contributed by atoms with E-state index in [2.05, 4.69) is 31.1 Å². The first-order valence-electron chi connectivity index (χ1n) is 6.61. The van der Waals surface area contributed by atoms with Gasteiger partial charge in [0.1, 0.15) is 5.15 Å². The molecule has 0 aliphatic rings. The minimum Gasteiger partial charge on any atom is -0.334 e. The largest absolute Gasteiger partial charge is 0.334 e. The average Bonchev–Trinajstić information content (AvgIpc) is 2.88. The van der Waals surface area contributed by atoms with E-state index >= 15 is 0 Å². The predicted molar refractivity (Wildman–Crippen MR) is 88.6 cm³/mol. The number of aromatic nitrogens is 3. The summed E-state index contributed by atoms with van der Waals surface area (Å²) in [6.45, 7) is 7.75. The lowest BCUT2D eigenvalue weighted by Gasteiger charge is -2.05. The zero-order chi connectivity index (χ0) is 15.6. The Bertz CT molecular complexity index is 786. The maximum atomic E-state index is 6.21. The Morgan fingerprint density at radius 2 is 1.81 bits per heavy atom. The van der Waals surface area contributed by atoms with Crippen LogP contribution in [-0.2, 0) is 0 Å². The number of nitrogens with zero attached hydrogens (tertiary/aromatic N) is 3. The van der Waals surface area contributed by atoms with Crippen LogP contribution >= 0.6 is 27.5 Å². The van der Waals surface area contributed by atoms with E-state index in [4.69, 9.17) is 16.1 Å². The van der Waals surface area contributed by atoms with Gasteiger partial charge in [-0.15, -0.1) is 0 Å². The SMILES string of the molecule is CC.Cc1noc(-c2cc3cc(Br)cc(C)c3nc2Cl)n1. The van der Waals surface area contributed by atoms with E-state index in [1.165, 1.54) is 0 Å². The first-order valence-corrected chi connectivity index (χ1v) is 7.79. The molecule has 0 saturated heterocycles. The third-order valence-corrected chi connectivity index (χ3v) is 3.53. The third kappa shape index (κ3) is 3.24. The van der Waals surface area contributed by atoms with Crippen LogP contribution in [0.3, 0.4) is 0 Å². The van der Waals surface area contributed by atoms with E-state index in [0.717, 1.165) is 20.9 Å². The molecule has 6 heteroatoms. The fraction of sp³-hybridized carbons (Fsp3) is 0.267. The summed E-state index contributed by atoms with van der Waals surface area (Å²) in [5.74, 6) is 0.950. The molecule has 3 rings (SSSR count). The van der Waals surface area contributed by atoms with Crippen molar-refractivity contribution in [2.45, 2.75) is 27.7 Å². The predicted octanol–water partition coefficient (Wildman–Crippen LogP) is 5.34. The van der Waals surface area contributed by atoms with Crippen molar-refractivity contribution >= 4 is 38.4 Å². The number of hydrogen-bond acceptors (Lipinski definition) is 4. The van der Waals surface area contributed by atoms with Gasteiger partial charge in [-0.05, 0) is 37.6 Å². The Labute approximate surface area is 136 Å². The lowest BCUT2D eigenvalue weighted by Crippen LogP contribution is -1.89. The van der Waals surface area contributed by atoms with Crippen molar-refractivity contribution in [1.29, 1.82) is 0 Å². The normalized spacial score (nSPS) is 10.4. The molecule has 21 heavy (non-hydrogen) atoms. The van der Waals surface area contributed by atoms with Gasteiger partial charge >= 0.3 is 0 Å². The van der Waals surface area contributed by atoms with E-state index in [-0.39, 0.29) is 0 Å². The molecule has 0 aliphatic carbocycles. The molecule has 0 N–H and O–H groups in total. The molecule has 0 spiro atoms. The molecule has 0 saturated carbocycles. The van der Waals surface area contributed by atoms with Crippen molar-refractivity contribution < 1.29 is 4.52 Å². The van der Waals surface area contributed by atoms with Gasteiger partial charge in [0, 0.05) is 9.86 Å². The highest BCUT2D eigenvalue weighted by Crippen LogP contribution is 2.31. The van der Waals surface area contributed by atoms with Crippen LogP contribution in [-0.4, -0.2) is 15.1 Å².